The highest BCUT2D eigenvalue weighted by Crippen LogP contribution is 2.28. The molecule has 0 fully saturated rings. The Morgan fingerprint density at radius 3 is 2.48 bits per heavy atom. The first kappa shape index (κ1) is 17.5. The SMILES string of the molecule is COc1cc(C[NH2+]Cc2cccs2)ccc1OCc1ccc(F)cc1. The number of halogens is 1. The minimum absolute atomic E-state index is 0.246. The van der Waals surface area contributed by atoms with Gasteiger partial charge in [0.15, 0.2) is 11.5 Å². The van der Waals surface area contributed by atoms with E-state index in [1.54, 1.807) is 30.6 Å². The predicted molar refractivity (Wildman–Crippen MR) is 97.4 cm³/mol. The molecular formula is C20H21FNO2S+. The Morgan fingerprint density at radius 1 is 0.960 bits per heavy atom. The number of ether oxygens (including phenoxy) is 2. The fraction of sp³-hybridized carbons (Fsp3) is 0.200. The van der Waals surface area contributed by atoms with Gasteiger partial charge in [0.25, 0.3) is 0 Å². The summed E-state index contributed by atoms with van der Waals surface area (Å²) < 4.78 is 24.2. The van der Waals surface area contributed by atoms with Crippen molar-refractivity contribution in [1.29, 1.82) is 0 Å². The van der Waals surface area contributed by atoms with Gasteiger partial charge in [0.2, 0.25) is 0 Å². The van der Waals surface area contributed by atoms with E-state index in [4.69, 9.17) is 9.47 Å². The van der Waals surface area contributed by atoms with Crippen molar-refractivity contribution in [3.8, 4) is 11.5 Å². The second-order valence-corrected chi connectivity index (χ2v) is 6.71. The van der Waals surface area contributed by atoms with Crippen molar-refractivity contribution in [2.45, 2.75) is 19.7 Å². The van der Waals surface area contributed by atoms with Gasteiger partial charge in [-0.1, -0.05) is 18.2 Å². The van der Waals surface area contributed by atoms with Crippen molar-refractivity contribution >= 4 is 11.3 Å². The van der Waals surface area contributed by atoms with E-state index in [-0.39, 0.29) is 5.82 Å². The van der Waals surface area contributed by atoms with Crippen LogP contribution in [0.25, 0.3) is 0 Å². The van der Waals surface area contributed by atoms with Crippen LogP contribution in [0.5, 0.6) is 11.5 Å². The molecule has 3 nitrogen and oxygen atoms in total. The van der Waals surface area contributed by atoms with Crippen molar-refractivity contribution in [3.05, 3.63) is 81.8 Å². The number of quaternary nitrogens is 1. The number of methoxy groups -OCH3 is 1. The molecule has 1 aromatic heterocycles. The molecule has 0 saturated carbocycles. The summed E-state index contributed by atoms with van der Waals surface area (Å²) in [5.74, 6) is 1.16. The highest BCUT2D eigenvalue weighted by atomic mass is 32.1. The van der Waals surface area contributed by atoms with Gasteiger partial charge in [-0.2, -0.15) is 0 Å². The van der Waals surface area contributed by atoms with E-state index in [0.29, 0.717) is 18.1 Å². The lowest BCUT2D eigenvalue weighted by Gasteiger charge is -2.12. The minimum Gasteiger partial charge on any atom is -0.493 e. The zero-order chi connectivity index (χ0) is 17.5. The molecule has 0 spiro atoms. The van der Waals surface area contributed by atoms with E-state index in [0.717, 1.165) is 18.7 Å². The van der Waals surface area contributed by atoms with Crippen molar-refractivity contribution in [3.63, 3.8) is 0 Å². The summed E-state index contributed by atoms with van der Waals surface area (Å²) in [5.41, 5.74) is 2.10. The van der Waals surface area contributed by atoms with Gasteiger partial charge in [-0.25, -0.2) is 4.39 Å². The summed E-state index contributed by atoms with van der Waals surface area (Å²) in [5, 5.41) is 4.36. The van der Waals surface area contributed by atoms with Gasteiger partial charge in [0, 0.05) is 5.56 Å². The van der Waals surface area contributed by atoms with Crippen LogP contribution in [-0.2, 0) is 19.7 Å². The quantitative estimate of drug-likeness (QED) is 0.666. The average Bonchev–Trinajstić information content (AvgIpc) is 3.15. The van der Waals surface area contributed by atoms with Gasteiger partial charge in [-0.3, -0.25) is 0 Å². The van der Waals surface area contributed by atoms with Crippen LogP contribution >= 0.6 is 11.3 Å². The summed E-state index contributed by atoms with van der Waals surface area (Å²) >= 11 is 1.77. The molecular weight excluding hydrogens is 337 g/mol. The smallest absolute Gasteiger partial charge is 0.161 e. The third-order valence-electron chi connectivity index (χ3n) is 3.84. The van der Waals surface area contributed by atoms with Gasteiger partial charge >= 0.3 is 0 Å². The first-order valence-electron chi connectivity index (χ1n) is 8.13. The molecule has 0 bridgehead atoms. The molecule has 2 N–H and O–H groups in total. The number of nitrogens with two attached hydrogens (primary N) is 1. The van der Waals surface area contributed by atoms with Crippen LogP contribution in [-0.4, -0.2) is 7.11 Å². The topological polar surface area (TPSA) is 35.1 Å². The number of benzene rings is 2. The minimum atomic E-state index is -0.246. The molecule has 0 unspecified atom stereocenters. The molecule has 0 aliphatic rings. The Bertz CT molecular complexity index is 788. The summed E-state index contributed by atoms with van der Waals surface area (Å²) in [6.07, 6.45) is 0. The van der Waals surface area contributed by atoms with E-state index in [2.05, 4.69) is 22.8 Å². The standard InChI is InChI=1S/C20H20FNO2S/c1-23-20-11-16(12-22-13-18-3-2-10-25-18)6-9-19(20)24-14-15-4-7-17(21)8-5-15/h2-11,22H,12-14H2,1H3/p+1. The van der Waals surface area contributed by atoms with E-state index in [1.807, 2.05) is 18.2 Å². The summed E-state index contributed by atoms with van der Waals surface area (Å²) in [7, 11) is 1.64. The maximum atomic E-state index is 12.9. The maximum absolute atomic E-state index is 12.9. The fourth-order valence-electron chi connectivity index (χ4n) is 2.51. The summed E-state index contributed by atoms with van der Waals surface area (Å²) in [6.45, 7) is 2.23. The van der Waals surface area contributed by atoms with E-state index in [1.165, 1.54) is 22.6 Å². The fourth-order valence-corrected chi connectivity index (χ4v) is 3.21. The monoisotopic (exact) mass is 358 g/mol. The molecule has 2 aromatic carbocycles. The number of thiophene rings is 1. The Balaban J connectivity index is 1.57. The molecule has 1 heterocycles. The lowest BCUT2D eigenvalue weighted by Crippen LogP contribution is -2.80. The van der Waals surface area contributed by atoms with Crippen LogP contribution in [0, 0.1) is 5.82 Å². The molecule has 0 radical (unpaired) electrons. The molecule has 0 atom stereocenters. The number of rotatable bonds is 8. The largest absolute Gasteiger partial charge is 0.493 e. The molecule has 0 saturated heterocycles. The van der Waals surface area contributed by atoms with Crippen LogP contribution in [0.1, 0.15) is 16.0 Å². The van der Waals surface area contributed by atoms with Crippen molar-refractivity contribution in [1.82, 2.24) is 0 Å². The van der Waals surface area contributed by atoms with Crippen LogP contribution in [0.2, 0.25) is 0 Å². The Morgan fingerprint density at radius 2 is 1.76 bits per heavy atom. The van der Waals surface area contributed by atoms with Crippen molar-refractivity contribution < 1.29 is 19.2 Å². The molecule has 130 valence electrons. The van der Waals surface area contributed by atoms with Crippen LogP contribution in [0.3, 0.4) is 0 Å². The molecule has 0 amide bonds. The lowest BCUT2D eigenvalue weighted by molar-refractivity contribution is -0.685. The molecule has 3 rings (SSSR count). The van der Waals surface area contributed by atoms with Gasteiger partial charge in [-0.15, -0.1) is 11.3 Å². The zero-order valence-corrected chi connectivity index (χ0v) is 14.9. The zero-order valence-electron chi connectivity index (χ0n) is 14.1. The average molecular weight is 358 g/mol. The maximum Gasteiger partial charge on any atom is 0.161 e. The normalized spacial score (nSPS) is 10.6. The second-order valence-electron chi connectivity index (χ2n) is 5.68. The third kappa shape index (κ3) is 5.05. The van der Waals surface area contributed by atoms with Crippen LogP contribution < -0.4 is 14.8 Å². The van der Waals surface area contributed by atoms with Crippen LogP contribution in [0.4, 0.5) is 4.39 Å². The summed E-state index contributed by atoms with van der Waals surface area (Å²) in [6, 6.07) is 16.5. The third-order valence-corrected chi connectivity index (χ3v) is 4.74. The van der Waals surface area contributed by atoms with Crippen LogP contribution in [0.15, 0.2) is 60.0 Å². The van der Waals surface area contributed by atoms with E-state index < -0.39 is 0 Å². The molecule has 0 aliphatic heterocycles. The van der Waals surface area contributed by atoms with Gasteiger partial charge in [-0.05, 0) is 47.3 Å². The first-order valence-corrected chi connectivity index (χ1v) is 9.01. The van der Waals surface area contributed by atoms with Gasteiger partial charge in [0.05, 0.1) is 12.0 Å². The van der Waals surface area contributed by atoms with Gasteiger partial charge < -0.3 is 14.8 Å². The van der Waals surface area contributed by atoms with Crippen molar-refractivity contribution in [2.75, 3.05) is 7.11 Å². The molecule has 0 aliphatic carbocycles. The first-order chi connectivity index (χ1) is 12.2. The molecule has 25 heavy (non-hydrogen) atoms. The highest BCUT2D eigenvalue weighted by molar-refractivity contribution is 7.09. The highest BCUT2D eigenvalue weighted by Gasteiger charge is 2.08. The summed E-state index contributed by atoms with van der Waals surface area (Å²) in [4.78, 5) is 1.37. The van der Waals surface area contributed by atoms with Gasteiger partial charge in [0.1, 0.15) is 25.5 Å². The Labute approximate surface area is 151 Å². The van der Waals surface area contributed by atoms with Crippen molar-refractivity contribution in [2.24, 2.45) is 0 Å². The Hall–Kier alpha value is -2.37. The molecule has 3 aromatic rings. The second kappa shape index (κ2) is 8.65. The van der Waals surface area contributed by atoms with E-state index >= 15 is 0 Å². The van der Waals surface area contributed by atoms with E-state index in [9.17, 15) is 4.39 Å². The number of hydrogen-bond acceptors (Lipinski definition) is 3. The molecule has 5 heteroatoms. The predicted octanol–water partition coefficient (Wildman–Crippen LogP) is 3.74. The Kier molecular flexibility index (Phi) is 6.04. The number of hydrogen-bond donors (Lipinski definition) is 1. The lowest BCUT2D eigenvalue weighted by atomic mass is 10.2.